The van der Waals surface area contributed by atoms with Crippen molar-refractivity contribution in [1.29, 1.82) is 0 Å². The van der Waals surface area contributed by atoms with Crippen molar-refractivity contribution in [3.8, 4) is 0 Å². The van der Waals surface area contributed by atoms with Gasteiger partial charge in [-0.3, -0.25) is 9.69 Å². The normalized spacial score (nSPS) is 27.2. The van der Waals surface area contributed by atoms with Gasteiger partial charge < -0.3 is 9.80 Å². The molecule has 1 aliphatic carbocycles. The number of amides is 1. The van der Waals surface area contributed by atoms with Crippen LogP contribution < -0.4 is 4.90 Å². The first-order valence-corrected chi connectivity index (χ1v) is 11.4. The number of hydrogen-bond acceptors (Lipinski definition) is 3. The van der Waals surface area contributed by atoms with E-state index in [4.69, 9.17) is 0 Å². The van der Waals surface area contributed by atoms with Crippen LogP contribution in [0.1, 0.15) is 37.8 Å². The summed E-state index contributed by atoms with van der Waals surface area (Å²) >= 11 is 0. The zero-order valence-electron chi connectivity index (χ0n) is 18.7. The minimum absolute atomic E-state index is 0.266. The van der Waals surface area contributed by atoms with Gasteiger partial charge >= 0.3 is 0 Å². The average molecular weight is 396 g/mol. The number of piperazine rings is 1. The molecule has 0 aromatic heterocycles. The quantitative estimate of drug-likeness (QED) is 0.724. The molecule has 1 amide bonds. The molecule has 0 bridgehead atoms. The molecule has 1 saturated carbocycles. The van der Waals surface area contributed by atoms with Gasteiger partial charge in [-0.05, 0) is 76.1 Å². The van der Waals surface area contributed by atoms with E-state index in [-0.39, 0.29) is 5.92 Å². The first kappa shape index (κ1) is 20.5. The summed E-state index contributed by atoms with van der Waals surface area (Å²) in [4.78, 5) is 20.4. The number of likely N-dealkylation sites (tertiary alicyclic amines) is 1. The van der Waals surface area contributed by atoms with Crippen molar-refractivity contribution in [2.75, 3.05) is 50.7 Å². The zero-order chi connectivity index (χ0) is 20.5. The van der Waals surface area contributed by atoms with E-state index in [1.807, 2.05) is 0 Å². The number of rotatable bonds is 4. The van der Waals surface area contributed by atoms with E-state index in [1.54, 1.807) is 0 Å². The van der Waals surface area contributed by atoms with Crippen LogP contribution in [0.3, 0.4) is 0 Å². The number of nitrogens with zero attached hydrogens (tertiary/aromatic N) is 3. The molecule has 3 aliphatic rings. The Morgan fingerprint density at radius 1 is 1.10 bits per heavy atom. The molecule has 1 aromatic carbocycles. The number of benzene rings is 1. The van der Waals surface area contributed by atoms with E-state index in [2.05, 4.69) is 66.7 Å². The number of carbonyl (C=O) groups excluding carboxylic acids is 1. The molecule has 0 N–H and O–H groups in total. The van der Waals surface area contributed by atoms with Crippen LogP contribution in [0.25, 0.3) is 0 Å². The molecule has 0 unspecified atom stereocenters. The Labute approximate surface area is 176 Å². The van der Waals surface area contributed by atoms with Crippen molar-refractivity contribution >= 4 is 11.6 Å². The Hall–Kier alpha value is -1.81. The third-order valence-electron chi connectivity index (χ3n) is 7.34. The summed E-state index contributed by atoms with van der Waals surface area (Å²) in [5, 5.41) is 0. The van der Waals surface area contributed by atoms with Crippen LogP contribution in [0.4, 0.5) is 5.69 Å². The van der Waals surface area contributed by atoms with Crippen molar-refractivity contribution in [3.63, 3.8) is 0 Å². The van der Waals surface area contributed by atoms with Crippen LogP contribution in [0.2, 0.25) is 0 Å². The predicted molar refractivity (Wildman–Crippen MR) is 120 cm³/mol. The van der Waals surface area contributed by atoms with Gasteiger partial charge in [0.25, 0.3) is 0 Å². The van der Waals surface area contributed by atoms with Gasteiger partial charge in [-0.15, -0.1) is 0 Å². The van der Waals surface area contributed by atoms with Gasteiger partial charge in [0.15, 0.2) is 0 Å². The summed E-state index contributed by atoms with van der Waals surface area (Å²) in [7, 11) is 0. The average Bonchev–Trinajstić information content (AvgIpc) is 2.69. The number of allylic oxidation sites excluding steroid dienone is 1. The molecule has 2 heterocycles. The smallest absolute Gasteiger partial charge is 0.226 e. The second-order valence-electron chi connectivity index (χ2n) is 9.70. The lowest BCUT2D eigenvalue weighted by Crippen LogP contribution is -2.58. The molecule has 158 valence electrons. The van der Waals surface area contributed by atoms with Crippen LogP contribution in [-0.2, 0) is 4.79 Å². The minimum atomic E-state index is 0.266. The first-order valence-electron chi connectivity index (χ1n) is 11.4. The highest BCUT2D eigenvalue weighted by Crippen LogP contribution is 2.46. The van der Waals surface area contributed by atoms with Gasteiger partial charge in [0.2, 0.25) is 5.91 Å². The molecular formula is C25H37N3O. The van der Waals surface area contributed by atoms with Crippen LogP contribution in [0.5, 0.6) is 0 Å². The fourth-order valence-electron chi connectivity index (χ4n) is 5.38. The molecule has 4 nitrogen and oxygen atoms in total. The van der Waals surface area contributed by atoms with Crippen molar-refractivity contribution in [1.82, 2.24) is 9.80 Å². The zero-order valence-corrected chi connectivity index (χ0v) is 18.7. The van der Waals surface area contributed by atoms with Crippen LogP contribution >= 0.6 is 0 Å². The SMILES string of the molecule is CC(C)=CCN1CC[C@@H]2C[C@@H](C(=O)N3CCN(c4cc(C)ccc4C)CC3)[C@@H]2C1. The van der Waals surface area contributed by atoms with E-state index in [0.29, 0.717) is 11.8 Å². The summed E-state index contributed by atoms with van der Waals surface area (Å²) in [6.45, 7) is 15.6. The molecule has 2 aliphatic heterocycles. The lowest BCUT2D eigenvalue weighted by Gasteiger charge is -2.51. The Bertz CT molecular complexity index is 774. The number of aryl methyl sites for hydroxylation is 2. The van der Waals surface area contributed by atoms with E-state index < -0.39 is 0 Å². The van der Waals surface area contributed by atoms with E-state index in [9.17, 15) is 4.79 Å². The lowest BCUT2D eigenvalue weighted by molar-refractivity contribution is -0.148. The number of carbonyl (C=O) groups is 1. The molecule has 0 spiro atoms. The number of hydrogen-bond donors (Lipinski definition) is 0. The monoisotopic (exact) mass is 395 g/mol. The standard InChI is InChI=1S/C25H37N3O/c1-18(2)7-9-26-10-8-21-16-22(23(21)17-26)25(29)28-13-11-27(12-14-28)24-15-19(3)5-6-20(24)4/h5-7,15,21-23H,8-14,16-17H2,1-4H3/t21-,22-,23-/m1/s1. The van der Waals surface area contributed by atoms with Gasteiger partial charge in [-0.1, -0.05) is 23.8 Å². The molecule has 0 radical (unpaired) electrons. The maximum atomic E-state index is 13.2. The molecule has 2 saturated heterocycles. The van der Waals surface area contributed by atoms with Crippen molar-refractivity contribution < 1.29 is 4.79 Å². The summed E-state index contributed by atoms with van der Waals surface area (Å²) in [5.41, 5.74) is 5.36. The van der Waals surface area contributed by atoms with Gasteiger partial charge in [-0.2, -0.15) is 0 Å². The van der Waals surface area contributed by atoms with Crippen LogP contribution in [-0.4, -0.2) is 61.5 Å². The summed E-state index contributed by atoms with van der Waals surface area (Å²) in [6, 6.07) is 6.67. The third kappa shape index (κ3) is 4.37. The number of piperidine rings is 1. The summed E-state index contributed by atoms with van der Waals surface area (Å²) < 4.78 is 0. The van der Waals surface area contributed by atoms with Gasteiger partial charge in [0.1, 0.15) is 0 Å². The van der Waals surface area contributed by atoms with Crippen LogP contribution in [0.15, 0.2) is 29.8 Å². The molecule has 4 heteroatoms. The van der Waals surface area contributed by atoms with E-state index in [1.165, 1.54) is 35.4 Å². The van der Waals surface area contributed by atoms with E-state index >= 15 is 0 Å². The van der Waals surface area contributed by atoms with Crippen LogP contribution in [0, 0.1) is 31.6 Å². The largest absolute Gasteiger partial charge is 0.368 e. The highest BCUT2D eigenvalue weighted by molar-refractivity contribution is 5.80. The Kier molecular flexibility index (Phi) is 6.00. The second-order valence-corrected chi connectivity index (χ2v) is 9.70. The number of anilines is 1. The van der Waals surface area contributed by atoms with Gasteiger partial charge in [-0.25, -0.2) is 0 Å². The topological polar surface area (TPSA) is 26.8 Å². The first-order chi connectivity index (χ1) is 13.9. The highest BCUT2D eigenvalue weighted by atomic mass is 16.2. The molecule has 3 fully saturated rings. The predicted octanol–water partition coefficient (Wildman–Crippen LogP) is 3.88. The minimum Gasteiger partial charge on any atom is -0.368 e. The maximum Gasteiger partial charge on any atom is 0.226 e. The van der Waals surface area contributed by atoms with Gasteiger partial charge in [0, 0.05) is 50.9 Å². The Morgan fingerprint density at radius 3 is 2.59 bits per heavy atom. The third-order valence-corrected chi connectivity index (χ3v) is 7.34. The second kappa shape index (κ2) is 8.51. The maximum absolute atomic E-state index is 13.2. The molecule has 3 atom stereocenters. The highest BCUT2D eigenvalue weighted by Gasteiger charge is 2.48. The van der Waals surface area contributed by atoms with Crippen molar-refractivity contribution in [2.45, 2.75) is 40.5 Å². The lowest BCUT2D eigenvalue weighted by atomic mass is 9.61. The molecule has 1 aromatic rings. The fraction of sp³-hybridized carbons (Fsp3) is 0.640. The van der Waals surface area contributed by atoms with Crippen molar-refractivity contribution in [2.24, 2.45) is 17.8 Å². The summed E-state index contributed by atoms with van der Waals surface area (Å²) in [5.74, 6) is 2.06. The number of fused-ring (bicyclic) bond motifs is 1. The molecule has 29 heavy (non-hydrogen) atoms. The van der Waals surface area contributed by atoms with Crippen molar-refractivity contribution in [3.05, 3.63) is 41.0 Å². The van der Waals surface area contributed by atoms with E-state index in [0.717, 1.165) is 51.6 Å². The Balaban J connectivity index is 1.32. The molecule has 4 rings (SSSR count). The molecular weight excluding hydrogens is 358 g/mol. The summed E-state index contributed by atoms with van der Waals surface area (Å²) in [6.07, 6.45) is 4.71. The van der Waals surface area contributed by atoms with Gasteiger partial charge in [0.05, 0.1) is 0 Å². The Morgan fingerprint density at radius 2 is 1.86 bits per heavy atom. The fourth-order valence-corrected chi connectivity index (χ4v) is 5.38.